The van der Waals surface area contributed by atoms with Crippen LogP contribution in [0.25, 0.3) is 0 Å². The molecule has 0 saturated carbocycles. The lowest BCUT2D eigenvalue weighted by Crippen LogP contribution is -2.22. The Bertz CT molecular complexity index is 1010. The Morgan fingerprint density at radius 1 is 1.19 bits per heavy atom. The van der Waals surface area contributed by atoms with E-state index >= 15 is 0 Å². The highest BCUT2D eigenvalue weighted by molar-refractivity contribution is 7.09. The van der Waals surface area contributed by atoms with Gasteiger partial charge < -0.3 is 14.6 Å². The summed E-state index contributed by atoms with van der Waals surface area (Å²) in [6.45, 7) is -0.535. The van der Waals surface area contributed by atoms with Crippen LogP contribution < -0.4 is 9.84 Å². The predicted octanol–water partition coefficient (Wildman–Crippen LogP) is 3.75. The molecule has 9 heteroatoms. The summed E-state index contributed by atoms with van der Waals surface area (Å²) < 4.78 is 46.3. The van der Waals surface area contributed by atoms with E-state index in [2.05, 4.69) is 4.98 Å². The number of carboxylic acids is 1. The summed E-state index contributed by atoms with van der Waals surface area (Å²) in [6, 6.07) is 6.10. The SMILES string of the molecule is O=C([O-])c1csc(Cc2cc(Cl)ccc2OCc2c(F)ccc(F)c2F)n1. The van der Waals surface area contributed by atoms with Gasteiger partial charge in [-0.2, -0.15) is 0 Å². The van der Waals surface area contributed by atoms with Crippen molar-refractivity contribution in [3.05, 3.63) is 80.0 Å². The smallest absolute Gasteiger partial charge is 0.168 e. The number of carbonyl (C=O) groups excluding carboxylic acids is 1. The van der Waals surface area contributed by atoms with Crippen molar-refractivity contribution in [2.45, 2.75) is 13.0 Å². The second-order valence-corrected chi connectivity index (χ2v) is 6.83. The Morgan fingerprint density at radius 2 is 1.93 bits per heavy atom. The van der Waals surface area contributed by atoms with E-state index in [1.165, 1.54) is 17.5 Å². The van der Waals surface area contributed by atoms with Gasteiger partial charge in [0.25, 0.3) is 0 Å². The number of nitrogens with zero attached hydrogens (tertiary/aromatic N) is 1. The molecule has 140 valence electrons. The second kappa shape index (κ2) is 7.98. The van der Waals surface area contributed by atoms with E-state index in [4.69, 9.17) is 16.3 Å². The highest BCUT2D eigenvalue weighted by Gasteiger charge is 2.16. The average Bonchev–Trinajstić information content (AvgIpc) is 3.09. The first kappa shape index (κ1) is 19.2. The van der Waals surface area contributed by atoms with Gasteiger partial charge in [0.1, 0.15) is 18.2 Å². The Labute approximate surface area is 160 Å². The molecule has 0 aliphatic rings. The minimum absolute atomic E-state index is 0.182. The minimum Gasteiger partial charge on any atom is -0.543 e. The van der Waals surface area contributed by atoms with E-state index in [-0.39, 0.29) is 17.9 Å². The molecule has 0 N–H and O–H groups in total. The quantitative estimate of drug-likeness (QED) is 0.578. The molecule has 4 nitrogen and oxygen atoms in total. The summed E-state index contributed by atoms with van der Waals surface area (Å²) in [5, 5.41) is 13.0. The number of aromatic carboxylic acids is 1. The van der Waals surface area contributed by atoms with Crippen molar-refractivity contribution in [1.29, 1.82) is 0 Å². The molecule has 0 amide bonds. The van der Waals surface area contributed by atoms with Gasteiger partial charge in [-0.15, -0.1) is 11.3 Å². The van der Waals surface area contributed by atoms with Crippen LogP contribution in [0.15, 0.2) is 35.7 Å². The van der Waals surface area contributed by atoms with Crippen molar-refractivity contribution in [3.8, 4) is 5.75 Å². The van der Waals surface area contributed by atoms with Crippen LogP contribution in [0, 0.1) is 17.5 Å². The highest BCUT2D eigenvalue weighted by atomic mass is 35.5. The number of rotatable bonds is 6. The van der Waals surface area contributed by atoms with Crippen LogP contribution in [0.4, 0.5) is 13.2 Å². The molecule has 0 atom stereocenters. The molecule has 3 aromatic rings. The fraction of sp³-hybridized carbons (Fsp3) is 0.111. The van der Waals surface area contributed by atoms with Crippen molar-refractivity contribution in [2.75, 3.05) is 0 Å². The molecule has 0 fully saturated rings. The van der Waals surface area contributed by atoms with Gasteiger partial charge >= 0.3 is 0 Å². The van der Waals surface area contributed by atoms with Gasteiger partial charge in [0.15, 0.2) is 11.6 Å². The highest BCUT2D eigenvalue weighted by Crippen LogP contribution is 2.28. The zero-order chi connectivity index (χ0) is 19.6. The standard InChI is InChI=1S/C18H11ClF3NO3S/c19-10-1-4-15(26-7-11-12(20)2-3-13(21)17(11)22)9(5-10)6-16-23-14(8-27-16)18(24)25/h1-5,8H,6-7H2,(H,24,25)/p-1. The Kier molecular flexibility index (Phi) is 5.67. The van der Waals surface area contributed by atoms with Gasteiger partial charge in [0.05, 0.1) is 22.2 Å². The lowest BCUT2D eigenvalue weighted by molar-refractivity contribution is -0.255. The molecular weight excluding hydrogens is 403 g/mol. The van der Waals surface area contributed by atoms with Crippen LogP contribution >= 0.6 is 22.9 Å². The van der Waals surface area contributed by atoms with Crippen LogP contribution in [0.3, 0.4) is 0 Å². The number of carboxylic acid groups (broad SMARTS) is 1. The summed E-state index contributed by atoms with van der Waals surface area (Å²) in [5.41, 5.74) is -0.202. The van der Waals surface area contributed by atoms with E-state index in [9.17, 15) is 23.1 Å². The zero-order valence-corrected chi connectivity index (χ0v) is 15.0. The van der Waals surface area contributed by atoms with E-state index in [1.807, 2.05) is 0 Å². The molecule has 0 radical (unpaired) electrons. The number of carbonyl (C=O) groups is 1. The number of thiazole rings is 1. The lowest BCUT2D eigenvalue weighted by Gasteiger charge is -2.12. The molecule has 0 aliphatic carbocycles. The van der Waals surface area contributed by atoms with Crippen molar-refractivity contribution < 1.29 is 27.8 Å². The van der Waals surface area contributed by atoms with Gasteiger partial charge in [-0.3, -0.25) is 0 Å². The van der Waals surface area contributed by atoms with E-state index in [0.717, 1.165) is 17.4 Å². The Hall–Kier alpha value is -2.58. The summed E-state index contributed by atoms with van der Waals surface area (Å²) in [5.74, 6) is -4.55. The zero-order valence-electron chi connectivity index (χ0n) is 13.5. The third kappa shape index (κ3) is 4.40. The summed E-state index contributed by atoms with van der Waals surface area (Å²) >= 11 is 7.09. The number of ether oxygens (including phenoxy) is 1. The van der Waals surface area contributed by atoms with Crippen molar-refractivity contribution in [2.24, 2.45) is 0 Å². The molecule has 0 bridgehead atoms. The molecule has 0 saturated heterocycles. The second-order valence-electron chi connectivity index (χ2n) is 5.45. The van der Waals surface area contributed by atoms with E-state index in [0.29, 0.717) is 21.7 Å². The van der Waals surface area contributed by atoms with E-state index < -0.39 is 35.6 Å². The van der Waals surface area contributed by atoms with Gasteiger partial charge in [-0.25, -0.2) is 18.2 Å². The van der Waals surface area contributed by atoms with Crippen molar-refractivity contribution in [3.63, 3.8) is 0 Å². The minimum atomic E-state index is -1.39. The van der Waals surface area contributed by atoms with Gasteiger partial charge in [0, 0.05) is 22.4 Å². The van der Waals surface area contributed by atoms with E-state index in [1.54, 1.807) is 6.07 Å². The Morgan fingerprint density at radius 3 is 2.63 bits per heavy atom. The maximum atomic E-state index is 13.8. The maximum absolute atomic E-state index is 13.8. The van der Waals surface area contributed by atoms with Gasteiger partial charge in [0.2, 0.25) is 0 Å². The first-order valence-electron chi connectivity index (χ1n) is 7.54. The molecular formula is C18H10ClF3NO3S-. The van der Waals surface area contributed by atoms with Crippen molar-refractivity contribution in [1.82, 2.24) is 4.98 Å². The molecule has 0 spiro atoms. The predicted molar refractivity (Wildman–Crippen MR) is 91.4 cm³/mol. The van der Waals surface area contributed by atoms with Crippen LogP contribution in [-0.4, -0.2) is 11.0 Å². The number of halogens is 4. The molecule has 27 heavy (non-hydrogen) atoms. The summed E-state index contributed by atoms with van der Waals surface area (Å²) in [6.07, 6.45) is 0.182. The molecule has 2 aromatic carbocycles. The van der Waals surface area contributed by atoms with Gasteiger partial charge in [-0.05, 0) is 30.3 Å². The third-order valence-electron chi connectivity index (χ3n) is 3.64. The topological polar surface area (TPSA) is 62.2 Å². The maximum Gasteiger partial charge on any atom is 0.168 e. The molecule has 3 rings (SSSR count). The first-order valence-corrected chi connectivity index (χ1v) is 8.80. The largest absolute Gasteiger partial charge is 0.543 e. The van der Waals surface area contributed by atoms with Crippen LogP contribution in [0.1, 0.15) is 26.6 Å². The average molecular weight is 413 g/mol. The Balaban J connectivity index is 1.84. The summed E-state index contributed by atoms with van der Waals surface area (Å²) in [4.78, 5) is 14.7. The number of hydrogen-bond donors (Lipinski definition) is 0. The molecule has 0 aliphatic heterocycles. The normalized spacial score (nSPS) is 10.8. The van der Waals surface area contributed by atoms with Crippen LogP contribution in [-0.2, 0) is 13.0 Å². The fourth-order valence-corrected chi connectivity index (χ4v) is 3.31. The first-order chi connectivity index (χ1) is 12.8. The van der Waals surface area contributed by atoms with Crippen molar-refractivity contribution >= 4 is 28.9 Å². The molecule has 1 heterocycles. The fourth-order valence-electron chi connectivity index (χ4n) is 2.33. The van der Waals surface area contributed by atoms with Crippen LogP contribution in [0.2, 0.25) is 5.02 Å². The van der Waals surface area contributed by atoms with Gasteiger partial charge in [-0.1, -0.05) is 11.6 Å². The monoisotopic (exact) mass is 412 g/mol. The lowest BCUT2D eigenvalue weighted by atomic mass is 10.1. The summed E-state index contributed by atoms with van der Waals surface area (Å²) in [7, 11) is 0. The molecule has 1 aromatic heterocycles. The number of aromatic nitrogens is 1. The van der Waals surface area contributed by atoms with Crippen LogP contribution in [0.5, 0.6) is 5.75 Å². The molecule has 0 unspecified atom stereocenters. The third-order valence-corrected chi connectivity index (χ3v) is 4.72. The number of benzene rings is 2. The number of hydrogen-bond acceptors (Lipinski definition) is 5.